The van der Waals surface area contributed by atoms with Crippen molar-refractivity contribution in [3.63, 3.8) is 0 Å². The minimum Gasteiger partial charge on any atom is -0.454 e. The smallest absolute Gasteiger partial charge is 0.153 e. The van der Waals surface area contributed by atoms with Crippen LogP contribution in [0.3, 0.4) is 0 Å². The fourth-order valence-corrected chi connectivity index (χ4v) is 7.52. The standard InChI is InChI=1S/C43H25N3O/c44-26-29-12-9-18-34-35-22-23-40-41(43(35)47-42(29)34)36-17-3-6-21-39(36)46(40)31-14-8-11-28(25-31)27-10-7-13-30(24-27)45-37-19-4-1-15-32(37)33-16-2-5-20-38(33)45/h1-25H. The summed E-state index contributed by atoms with van der Waals surface area (Å²) in [7, 11) is 0. The van der Waals surface area contributed by atoms with Crippen molar-refractivity contribution in [1.29, 1.82) is 5.26 Å². The molecule has 0 aliphatic carbocycles. The molecule has 0 atom stereocenters. The average Bonchev–Trinajstić information content (AvgIpc) is 3.79. The predicted molar refractivity (Wildman–Crippen MR) is 193 cm³/mol. The number of hydrogen-bond donors (Lipinski definition) is 0. The van der Waals surface area contributed by atoms with Gasteiger partial charge in [0.25, 0.3) is 0 Å². The van der Waals surface area contributed by atoms with Crippen molar-refractivity contribution in [2.75, 3.05) is 0 Å². The Morgan fingerprint density at radius 3 is 1.57 bits per heavy atom. The Kier molecular flexibility index (Phi) is 5.32. The Labute approximate surface area is 269 Å². The van der Waals surface area contributed by atoms with Crippen molar-refractivity contribution in [3.05, 3.63) is 157 Å². The molecule has 0 saturated heterocycles. The lowest BCUT2D eigenvalue weighted by atomic mass is 10.0. The first kappa shape index (κ1) is 25.7. The highest BCUT2D eigenvalue weighted by atomic mass is 16.3. The first-order valence-electron chi connectivity index (χ1n) is 15.8. The number of para-hydroxylation sites is 4. The molecule has 0 N–H and O–H groups in total. The zero-order chi connectivity index (χ0) is 31.1. The fourth-order valence-electron chi connectivity index (χ4n) is 7.52. The normalized spacial score (nSPS) is 11.8. The van der Waals surface area contributed by atoms with Gasteiger partial charge < -0.3 is 13.6 Å². The van der Waals surface area contributed by atoms with E-state index in [0.717, 1.165) is 60.7 Å². The second-order valence-electron chi connectivity index (χ2n) is 12.1. The van der Waals surface area contributed by atoms with E-state index >= 15 is 0 Å². The summed E-state index contributed by atoms with van der Waals surface area (Å²) in [5.41, 5.74) is 11.0. The summed E-state index contributed by atoms with van der Waals surface area (Å²) in [6.07, 6.45) is 0. The van der Waals surface area contributed by atoms with Gasteiger partial charge in [0.05, 0.1) is 33.0 Å². The largest absolute Gasteiger partial charge is 0.454 e. The highest BCUT2D eigenvalue weighted by Crippen LogP contribution is 2.41. The highest BCUT2D eigenvalue weighted by molar-refractivity contribution is 6.24. The van der Waals surface area contributed by atoms with E-state index < -0.39 is 0 Å². The van der Waals surface area contributed by atoms with Crippen LogP contribution < -0.4 is 0 Å². The van der Waals surface area contributed by atoms with Gasteiger partial charge in [0, 0.05) is 38.3 Å². The molecule has 4 heteroatoms. The first-order valence-corrected chi connectivity index (χ1v) is 15.8. The Morgan fingerprint density at radius 1 is 0.426 bits per heavy atom. The summed E-state index contributed by atoms with van der Waals surface area (Å²) in [4.78, 5) is 0. The van der Waals surface area contributed by atoms with Crippen molar-refractivity contribution in [2.45, 2.75) is 0 Å². The van der Waals surface area contributed by atoms with Gasteiger partial charge in [-0.05, 0) is 71.8 Å². The number of furan rings is 1. The average molecular weight is 600 g/mol. The van der Waals surface area contributed by atoms with E-state index in [-0.39, 0.29) is 0 Å². The van der Waals surface area contributed by atoms with Crippen molar-refractivity contribution in [1.82, 2.24) is 9.13 Å². The molecule has 0 amide bonds. The molecule has 218 valence electrons. The van der Waals surface area contributed by atoms with Crippen LogP contribution in [-0.2, 0) is 0 Å². The lowest BCUT2D eigenvalue weighted by Gasteiger charge is -2.12. The van der Waals surface area contributed by atoms with E-state index in [2.05, 4.69) is 149 Å². The van der Waals surface area contributed by atoms with Gasteiger partial charge in [-0.25, -0.2) is 0 Å². The van der Waals surface area contributed by atoms with Gasteiger partial charge in [0.2, 0.25) is 0 Å². The molecule has 4 nitrogen and oxygen atoms in total. The second-order valence-corrected chi connectivity index (χ2v) is 12.1. The maximum atomic E-state index is 9.77. The number of benzene rings is 7. The van der Waals surface area contributed by atoms with Crippen molar-refractivity contribution < 1.29 is 4.42 Å². The maximum absolute atomic E-state index is 9.77. The third-order valence-electron chi connectivity index (χ3n) is 9.54. The molecule has 10 rings (SSSR count). The molecule has 0 bridgehead atoms. The summed E-state index contributed by atoms with van der Waals surface area (Å²) in [5.74, 6) is 0. The number of fused-ring (bicyclic) bond motifs is 10. The lowest BCUT2D eigenvalue weighted by Crippen LogP contribution is -1.96. The van der Waals surface area contributed by atoms with E-state index in [0.29, 0.717) is 11.1 Å². The molecule has 3 heterocycles. The number of aromatic nitrogens is 2. The molecule has 7 aromatic carbocycles. The van der Waals surface area contributed by atoms with E-state index in [4.69, 9.17) is 4.42 Å². The zero-order valence-corrected chi connectivity index (χ0v) is 25.2. The molecule has 3 aromatic heterocycles. The van der Waals surface area contributed by atoms with Crippen LogP contribution in [0.2, 0.25) is 0 Å². The number of nitrogens with zero attached hydrogens (tertiary/aromatic N) is 3. The van der Waals surface area contributed by atoms with Crippen LogP contribution in [0, 0.1) is 11.3 Å². The highest BCUT2D eigenvalue weighted by Gasteiger charge is 2.20. The molecular formula is C43H25N3O. The van der Waals surface area contributed by atoms with Crippen LogP contribution in [-0.4, -0.2) is 9.13 Å². The number of nitriles is 1. The molecule has 0 aliphatic rings. The van der Waals surface area contributed by atoms with Crippen LogP contribution in [0.4, 0.5) is 0 Å². The molecule has 0 radical (unpaired) electrons. The molecule has 0 unspecified atom stereocenters. The van der Waals surface area contributed by atoms with E-state index in [1.54, 1.807) is 0 Å². The van der Waals surface area contributed by atoms with Crippen molar-refractivity contribution in [2.24, 2.45) is 0 Å². The van der Waals surface area contributed by atoms with E-state index in [1.165, 1.54) is 21.8 Å². The molecule has 0 aliphatic heterocycles. The summed E-state index contributed by atoms with van der Waals surface area (Å²) in [5, 5.41) is 16.4. The van der Waals surface area contributed by atoms with Crippen LogP contribution in [0.5, 0.6) is 0 Å². The third-order valence-corrected chi connectivity index (χ3v) is 9.54. The number of hydrogen-bond acceptors (Lipinski definition) is 2. The van der Waals surface area contributed by atoms with Crippen LogP contribution >= 0.6 is 0 Å². The van der Waals surface area contributed by atoms with Crippen LogP contribution in [0.25, 0.3) is 88.1 Å². The first-order chi connectivity index (χ1) is 23.3. The van der Waals surface area contributed by atoms with Gasteiger partial charge >= 0.3 is 0 Å². The van der Waals surface area contributed by atoms with E-state index in [1.807, 2.05) is 18.2 Å². The molecule has 10 aromatic rings. The van der Waals surface area contributed by atoms with Gasteiger partial charge in [0.1, 0.15) is 11.7 Å². The SMILES string of the molecule is N#Cc1cccc2c1oc1c2ccc2c1c1ccccc1n2-c1cccc(-c2cccc(-n3c4ccccc4c4ccccc43)c2)c1. The summed E-state index contributed by atoms with van der Waals surface area (Å²) in [6, 6.07) is 55.7. The topological polar surface area (TPSA) is 46.8 Å². The molecule has 0 fully saturated rings. The number of rotatable bonds is 3. The van der Waals surface area contributed by atoms with Gasteiger partial charge in [-0.2, -0.15) is 5.26 Å². The van der Waals surface area contributed by atoms with Gasteiger partial charge in [-0.1, -0.05) is 91.0 Å². The van der Waals surface area contributed by atoms with E-state index in [9.17, 15) is 5.26 Å². The Morgan fingerprint density at radius 2 is 0.936 bits per heavy atom. The third kappa shape index (κ3) is 3.63. The van der Waals surface area contributed by atoms with Crippen molar-refractivity contribution in [3.8, 4) is 28.6 Å². The summed E-state index contributed by atoms with van der Waals surface area (Å²) < 4.78 is 11.2. The van der Waals surface area contributed by atoms with Crippen LogP contribution in [0.15, 0.2) is 156 Å². The van der Waals surface area contributed by atoms with Gasteiger partial charge in [-0.3, -0.25) is 0 Å². The van der Waals surface area contributed by atoms with Gasteiger partial charge in [0.15, 0.2) is 5.58 Å². The van der Waals surface area contributed by atoms with Crippen LogP contribution in [0.1, 0.15) is 5.56 Å². The maximum Gasteiger partial charge on any atom is 0.153 e. The fraction of sp³-hybridized carbons (Fsp3) is 0. The monoisotopic (exact) mass is 599 g/mol. The van der Waals surface area contributed by atoms with Gasteiger partial charge in [-0.15, -0.1) is 0 Å². The Bertz CT molecular complexity index is 2880. The molecule has 0 saturated carbocycles. The quantitative estimate of drug-likeness (QED) is 0.203. The molecule has 47 heavy (non-hydrogen) atoms. The lowest BCUT2D eigenvalue weighted by molar-refractivity contribution is 0.671. The minimum atomic E-state index is 0.548. The summed E-state index contributed by atoms with van der Waals surface area (Å²) in [6.45, 7) is 0. The predicted octanol–water partition coefficient (Wildman–Crippen LogP) is 11.3. The second kappa shape index (κ2) is 9.71. The zero-order valence-electron chi connectivity index (χ0n) is 25.2. The minimum absolute atomic E-state index is 0.548. The Hall–Kier alpha value is -6.57. The summed E-state index contributed by atoms with van der Waals surface area (Å²) >= 11 is 0. The molecule has 0 spiro atoms. The van der Waals surface area contributed by atoms with Crippen molar-refractivity contribution >= 4 is 65.6 Å². The Balaban J connectivity index is 1.18. The molecular weight excluding hydrogens is 574 g/mol.